The molecule has 2 rings (SSSR count). The zero-order chi connectivity index (χ0) is 21.8. The number of methoxy groups -OCH3 is 2. The Morgan fingerprint density at radius 3 is 2.10 bits per heavy atom. The van der Waals surface area contributed by atoms with E-state index >= 15 is 0 Å². The lowest BCUT2D eigenvalue weighted by Crippen LogP contribution is -2.56. The van der Waals surface area contributed by atoms with E-state index in [0.29, 0.717) is 22.7 Å². The first-order valence-electron chi connectivity index (χ1n) is 9.28. The molecule has 0 unspecified atom stereocenters. The Morgan fingerprint density at radius 2 is 1.59 bits per heavy atom. The van der Waals surface area contributed by atoms with Gasteiger partial charge < -0.3 is 14.8 Å². The number of urea groups is 1. The number of hydrazine groups is 1. The predicted molar refractivity (Wildman–Crippen MR) is 114 cm³/mol. The van der Waals surface area contributed by atoms with E-state index in [-0.39, 0.29) is 5.91 Å². The minimum atomic E-state index is -0.648. The second-order valence-electron chi connectivity index (χ2n) is 7.79. The second-order valence-corrected chi connectivity index (χ2v) is 7.79. The van der Waals surface area contributed by atoms with Crippen molar-refractivity contribution >= 4 is 17.6 Å². The molecule has 7 nitrogen and oxygen atoms in total. The van der Waals surface area contributed by atoms with E-state index in [9.17, 15) is 9.59 Å². The predicted octanol–water partition coefficient (Wildman–Crippen LogP) is 4.30. The summed E-state index contributed by atoms with van der Waals surface area (Å²) < 4.78 is 10.6. The Morgan fingerprint density at radius 1 is 0.966 bits per heavy atom. The fraction of sp³-hybridized carbons (Fsp3) is 0.364. The van der Waals surface area contributed by atoms with Gasteiger partial charge in [0.05, 0.1) is 25.4 Å². The lowest BCUT2D eigenvalue weighted by Gasteiger charge is -2.35. The third-order valence-electron chi connectivity index (χ3n) is 4.21. The molecule has 7 heteroatoms. The number of anilines is 1. The van der Waals surface area contributed by atoms with Crippen LogP contribution in [0.15, 0.2) is 36.4 Å². The molecule has 0 aliphatic carbocycles. The first-order chi connectivity index (χ1) is 13.6. The van der Waals surface area contributed by atoms with Crippen LogP contribution in [0.2, 0.25) is 0 Å². The van der Waals surface area contributed by atoms with Gasteiger partial charge >= 0.3 is 6.03 Å². The molecule has 2 N–H and O–H groups in total. The average Bonchev–Trinajstić information content (AvgIpc) is 2.63. The number of para-hydroxylation sites is 1. The van der Waals surface area contributed by atoms with Crippen molar-refractivity contribution in [2.75, 3.05) is 19.5 Å². The van der Waals surface area contributed by atoms with E-state index in [0.717, 1.165) is 11.1 Å². The SMILES string of the molecule is COc1cccc(NC(=O)NN(C(=O)c2cc(C)cc(C)c2)C(C)(C)C)c1OC. The van der Waals surface area contributed by atoms with E-state index in [1.807, 2.05) is 40.7 Å². The summed E-state index contributed by atoms with van der Waals surface area (Å²) in [5.74, 6) is 0.592. The Kier molecular flexibility index (Phi) is 6.74. The minimum absolute atomic E-state index is 0.294. The molecule has 0 radical (unpaired) electrons. The minimum Gasteiger partial charge on any atom is -0.493 e. The number of carbonyl (C=O) groups is 2. The normalized spacial score (nSPS) is 10.9. The van der Waals surface area contributed by atoms with Gasteiger partial charge in [0, 0.05) is 5.56 Å². The maximum absolute atomic E-state index is 13.1. The number of nitrogens with zero attached hydrogens (tertiary/aromatic N) is 1. The second kappa shape index (κ2) is 8.86. The number of hydrogen-bond acceptors (Lipinski definition) is 4. The topological polar surface area (TPSA) is 79.9 Å². The van der Waals surface area contributed by atoms with Crippen molar-refractivity contribution in [3.63, 3.8) is 0 Å². The number of ether oxygens (including phenoxy) is 2. The van der Waals surface area contributed by atoms with Crippen molar-refractivity contribution < 1.29 is 19.1 Å². The monoisotopic (exact) mass is 399 g/mol. The first kappa shape index (κ1) is 22.1. The van der Waals surface area contributed by atoms with Crippen molar-refractivity contribution in [2.24, 2.45) is 0 Å². The quantitative estimate of drug-likeness (QED) is 0.752. The van der Waals surface area contributed by atoms with E-state index in [2.05, 4.69) is 10.7 Å². The zero-order valence-corrected chi connectivity index (χ0v) is 18.0. The molecular formula is C22H29N3O4. The summed E-state index contributed by atoms with van der Waals surface area (Å²) in [5.41, 5.74) is 4.92. The van der Waals surface area contributed by atoms with Crippen molar-refractivity contribution in [2.45, 2.75) is 40.2 Å². The molecule has 0 saturated carbocycles. The van der Waals surface area contributed by atoms with Crippen LogP contribution in [0.4, 0.5) is 10.5 Å². The molecule has 0 heterocycles. The lowest BCUT2D eigenvalue weighted by atomic mass is 10.0. The summed E-state index contributed by atoms with van der Waals surface area (Å²) >= 11 is 0. The van der Waals surface area contributed by atoms with Gasteiger partial charge in [-0.1, -0.05) is 23.3 Å². The van der Waals surface area contributed by atoms with Crippen LogP contribution < -0.4 is 20.2 Å². The number of rotatable bonds is 4. The number of hydrogen-bond donors (Lipinski definition) is 2. The Balaban J connectivity index is 2.27. The van der Waals surface area contributed by atoms with Crippen molar-refractivity contribution in [3.05, 3.63) is 53.1 Å². The third-order valence-corrected chi connectivity index (χ3v) is 4.21. The summed E-state index contributed by atoms with van der Waals surface area (Å²) in [4.78, 5) is 25.8. The summed E-state index contributed by atoms with van der Waals surface area (Å²) in [7, 11) is 3.01. The van der Waals surface area contributed by atoms with Crippen LogP contribution in [-0.2, 0) is 0 Å². The molecule has 0 bridgehead atoms. The molecule has 0 aromatic heterocycles. The fourth-order valence-corrected chi connectivity index (χ4v) is 2.99. The van der Waals surface area contributed by atoms with Gasteiger partial charge in [-0.05, 0) is 58.9 Å². The van der Waals surface area contributed by atoms with Gasteiger partial charge in [0.2, 0.25) is 0 Å². The van der Waals surface area contributed by atoms with E-state index in [1.165, 1.54) is 19.2 Å². The summed E-state index contributed by atoms with van der Waals surface area (Å²) in [5, 5.41) is 4.04. The van der Waals surface area contributed by atoms with Gasteiger partial charge in [-0.15, -0.1) is 0 Å². The average molecular weight is 399 g/mol. The van der Waals surface area contributed by atoms with Crippen LogP contribution in [0, 0.1) is 13.8 Å². The highest BCUT2D eigenvalue weighted by Gasteiger charge is 2.30. The first-order valence-corrected chi connectivity index (χ1v) is 9.28. The lowest BCUT2D eigenvalue weighted by molar-refractivity contribution is 0.0460. The maximum atomic E-state index is 13.1. The van der Waals surface area contributed by atoms with Crippen molar-refractivity contribution in [3.8, 4) is 11.5 Å². The summed E-state index contributed by atoms with van der Waals surface area (Å²) in [6.07, 6.45) is 0. The summed E-state index contributed by atoms with van der Waals surface area (Å²) in [6.45, 7) is 9.40. The molecular weight excluding hydrogens is 370 g/mol. The Labute approximate surface area is 172 Å². The highest BCUT2D eigenvalue weighted by molar-refractivity contribution is 5.98. The van der Waals surface area contributed by atoms with Gasteiger partial charge in [0.15, 0.2) is 11.5 Å². The number of carbonyl (C=O) groups excluding carboxylic acids is 2. The Hall–Kier alpha value is -3.22. The van der Waals surface area contributed by atoms with Crippen molar-refractivity contribution in [1.29, 1.82) is 0 Å². The molecule has 0 fully saturated rings. The molecule has 2 aromatic rings. The van der Waals surface area contributed by atoms with Gasteiger partial charge in [0.1, 0.15) is 0 Å². The largest absolute Gasteiger partial charge is 0.493 e. The maximum Gasteiger partial charge on any atom is 0.338 e. The van der Waals surface area contributed by atoms with Crippen LogP contribution in [0.1, 0.15) is 42.3 Å². The third kappa shape index (κ3) is 5.40. The van der Waals surface area contributed by atoms with Crippen LogP contribution in [0.3, 0.4) is 0 Å². The number of benzene rings is 2. The Bertz CT molecular complexity index is 883. The molecule has 3 amide bonds. The standard InChI is InChI=1S/C22H29N3O4/c1-14-11-15(2)13-16(12-14)20(26)25(22(3,4)5)24-21(27)23-17-9-8-10-18(28-6)19(17)29-7/h8-13H,1-7H3,(H2,23,24,27). The zero-order valence-electron chi connectivity index (χ0n) is 18.0. The van der Waals surface area contributed by atoms with Crippen molar-refractivity contribution in [1.82, 2.24) is 10.4 Å². The van der Waals surface area contributed by atoms with Gasteiger partial charge in [0.25, 0.3) is 5.91 Å². The van der Waals surface area contributed by atoms with E-state index < -0.39 is 11.6 Å². The number of amides is 3. The number of nitrogens with one attached hydrogen (secondary N) is 2. The van der Waals surface area contributed by atoms with Crippen LogP contribution in [0.5, 0.6) is 11.5 Å². The molecule has 0 atom stereocenters. The molecule has 0 spiro atoms. The smallest absolute Gasteiger partial charge is 0.338 e. The highest BCUT2D eigenvalue weighted by atomic mass is 16.5. The van der Waals surface area contributed by atoms with E-state index in [1.54, 1.807) is 30.3 Å². The van der Waals surface area contributed by atoms with Crippen LogP contribution in [0.25, 0.3) is 0 Å². The number of aryl methyl sites for hydroxylation is 2. The van der Waals surface area contributed by atoms with Gasteiger partial charge in [-0.25, -0.2) is 15.2 Å². The molecule has 29 heavy (non-hydrogen) atoms. The van der Waals surface area contributed by atoms with Gasteiger partial charge in [-0.2, -0.15) is 0 Å². The highest BCUT2D eigenvalue weighted by Crippen LogP contribution is 2.34. The fourth-order valence-electron chi connectivity index (χ4n) is 2.99. The van der Waals surface area contributed by atoms with Crippen LogP contribution >= 0.6 is 0 Å². The van der Waals surface area contributed by atoms with Crippen LogP contribution in [-0.4, -0.2) is 36.7 Å². The van der Waals surface area contributed by atoms with Gasteiger partial charge in [-0.3, -0.25) is 4.79 Å². The summed E-state index contributed by atoms with van der Waals surface area (Å²) in [6, 6.07) is 10.2. The van der Waals surface area contributed by atoms with E-state index in [4.69, 9.17) is 9.47 Å². The molecule has 2 aromatic carbocycles. The molecule has 0 aliphatic heterocycles. The molecule has 156 valence electrons. The molecule has 0 saturated heterocycles. The molecule has 0 aliphatic rings.